The first-order chi connectivity index (χ1) is 10.4. The molecule has 1 fully saturated rings. The number of aromatic nitrogens is 2. The van der Waals surface area contributed by atoms with Gasteiger partial charge in [0.15, 0.2) is 0 Å². The Balaban J connectivity index is 1.64. The van der Waals surface area contributed by atoms with Crippen LogP contribution in [-0.4, -0.2) is 27.1 Å². The van der Waals surface area contributed by atoms with Crippen LogP contribution in [0.15, 0.2) is 30.7 Å². The zero-order chi connectivity index (χ0) is 14.1. The minimum absolute atomic E-state index is 0.747. The molecule has 2 aliphatic heterocycles. The molecule has 0 aliphatic carbocycles. The number of anilines is 1. The molecule has 110 valence electrons. The molecule has 4 heteroatoms. The maximum Gasteiger partial charge on any atom is 0.0951 e. The Morgan fingerprint density at radius 1 is 1.33 bits per heavy atom. The molecule has 1 unspecified atom stereocenters. The second-order valence-electron chi connectivity index (χ2n) is 5.94. The van der Waals surface area contributed by atoms with Crippen molar-refractivity contribution in [3.63, 3.8) is 0 Å². The Hall–Kier alpha value is -1.42. The van der Waals surface area contributed by atoms with E-state index in [0.717, 1.165) is 24.8 Å². The zero-order valence-electron chi connectivity index (χ0n) is 12.2. The van der Waals surface area contributed by atoms with Gasteiger partial charge < -0.3 is 9.88 Å². The fourth-order valence-corrected chi connectivity index (χ4v) is 4.72. The molecule has 1 N–H and O–H groups in total. The molecule has 0 spiro atoms. The van der Waals surface area contributed by atoms with Gasteiger partial charge in [-0.3, -0.25) is 0 Å². The molecular formula is C17H21N3S. The lowest BCUT2D eigenvalue weighted by Gasteiger charge is -2.22. The van der Waals surface area contributed by atoms with Gasteiger partial charge in [0.05, 0.1) is 18.2 Å². The molecule has 1 aromatic heterocycles. The van der Waals surface area contributed by atoms with E-state index < -0.39 is 0 Å². The fraction of sp³-hybridized carbons (Fsp3) is 0.471. The molecule has 0 amide bonds. The first-order valence-corrected chi connectivity index (χ1v) is 8.94. The van der Waals surface area contributed by atoms with Crippen LogP contribution < -0.4 is 5.32 Å². The summed E-state index contributed by atoms with van der Waals surface area (Å²) in [5.41, 5.74) is 5.32. The van der Waals surface area contributed by atoms with E-state index in [1.165, 1.54) is 47.5 Å². The average molecular weight is 299 g/mol. The molecule has 3 nitrogen and oxygen atoms in total. The number of fused-ring (bicyclic) bond motifs is 1. The van der Waals surface area contributed by atoms with Crippen molar-refractivity contribution < 1.29 is 0 Å². The Morgan fingerprint density at radius 3 is 3.24 bits per heavy atom. The Bertz CT molecular complexity index is 629. The van der Waals surface area contributed by atoms with Crippen molar-refractivity contribution in [2.45, 2.75) is 37.5 Å². The lowest BCUT2D eigenvalue weighted by atomic mass is 10.1. The van der Waals surface area contributed by atoms with Gasteiger partial charge in [-0.1, -0.05) is 24.6 Å². The third kappa shape index (κ3) is 2.57. The van der Waals surface area contributed by atoms with Gasteiger partial charge in [0.2, 0.25) is 0 Å². The first-order valence-electron chi connectivity index (χ1n) is 7.90. The lowest BCUT2D eigenvalue weighted by molar-refractivity contribution is 0.586. The van der Waals surface area contributed by atoms with Gasteiger partial charge in [0.1, 0.15) is 0 Å². The van der Waals surface area contributed by atoms with Crippen molar-refractivity contribution >= 4 is 17.4 Å². The number of rotatable bonds is 3. The summed E-state index contributed by atoms with van der Waals surface area (Å²) < 4.78 is 2.35. The topological polar surface area (TPSA) is 29.9 Å². The summed E-state index contributed by atoms with van der Waals surface area (Å²) in [5, 5.41) is 4.29. The maximum atomic E-state index is 4.42. The van der Waals surface area contributed by atoms with E-state index in [1.807, 2.05) is 12.5 Å². The number of hydrogen-bond acceptors (Lipinski definition) is 3. The number of nitrogens with zero attached hydrogens (tertiary/aromatic N) is 2. The van der Waals surface area contributed by atoms with Gasteiger partial charge in [-0.05, 0) is 30.6 Å². The third-order valence-corrected chi connectivity index (χ3v) is 5.89. The fourth-order valence-electron chi connectivity index (χ4n) is 3.41. The minimum atomic E-state index is 0.747. The quantitative estimate of drug-likeness (QED) is 0.935. The summed E-state index contributed by atoms with van der Waals surface area (Å²) in [7, 11) is 0. The van der Waals surface area contributed by atoms with E-state index in [-0.39, 0.29) is 0 Å². The van der Waals surface area contributed by atoms with Crippen LogP contribution in [0.2, 0.25) is 0 Å². The van der Waals surface area contributed by atoms with Crippen molar-refractivity contribution in [1.82, 2.24) is 9.55 Å². The second kappa shape index (κ2) is 5.76. The SMILES string of the molecule is c1cc2c(c(-c3cncn3CC3CCCCS3)c1)NCC2. The van der Waals surface area contributed by atoms with Crippen LogP contribution in [0.5, 0.6) is 0 Å². The van der Waals surface area contributed by atoms with Crippen molar-refractivity contribution in [3.05, 3.63) is 36.3 Å². The number of benzene rings is 1. The molecule has 0 bridgehead atoms. The predicted molar refractivity (Wildman–Crippen MR) is 90.0 cm³/mol. The number of nitrogens with one attached hydrogen (secondary N) is 1. The van der Waals surface area contributed by atoms with Gasteiger partial charge in [0.25, 0.3) is 0 Å². The molecule has 0 saturated carbocycles. The monoisotopic (exact) mass is 299 g/mol. The predicted octanol–water partition coefficient (Wildman–Crippen LogP) is 3.80. The molecule has 1 aromatic carbocycles. The Labute approximate surface area is 130 Å². The minimum Gasteiger partial charge on any atom is -0.384 e. The molecule has 0 radical (unpaired) electrons. The summed E-state index contributed by atoms with van der Waals surface area (Å²) in [6.07, 6.45) is 9.25. The van der Waals surface area contributed by atoms with Crippen LogP contribution in [0.25, 0.3) is 11.3 Å². The van der Waals surface area contributed by atoms with Gasteiger partial charge >= 0.3 is 0 Å². The van der Waals surface area contributed by atoms with Crippen LogP contribution in [0.4, 0.5) is 5.69 Å². The molecule has 4 rings (SSSR count). The molecule has 2 aliphatic rings. The van der Waals surface area contributed by atoms with E-state index in [9.17, 15) is 0 Å². The number of para-hydroxylation sites is 1. The van der Waals surface area contributed by atoms with Crippen LogP contribution in [0, 0.1) is 0 Å². The van der Waals surface area contributed by atoms with Gasteiger partial charge in [0, 0.05) is 29.6 Å². The Morgan fingerprint density at radius 2 is 2.33 bits per heavy atom. The van der Waals surface area contributed by atoms with Crippen LogP contribution in [0.3, 0.4) is 0 Å². The summed E-state index contributed by atoms with van der Waals surface area (Å²) in [4.78, 5) is 4.42. The number of thioether (sulfide) groups is 1. The van der Waals surface area contributed by atoms with Gasteiger partial charge in [-0.15, -0.1) is 0 Å². The van der Waals surface area contributed by atoms with Gasteiger partial charge in [-0.2, -0.15) is 11.8 Å². The maximum absolute atomic E-state index is 4.42. The summed E-state index contributed by atoms with van der Waals surface area (Å²) in [6.45, 7) is 2.14. The summed E-state index contributed by atoms with van der Waals surface area (Å²) in [5.74, 6) is 1.32. The standard InChI is InChI=1S/C17H21N3S/c1-2-9-21-14(5-1)11-20-12-18-10-16(20)15-6-3-4-13-7-8-19-17(13)15/h3-4,6,10,12,14,19H,1-2,5,7-9,11H2. The number of imidazole rings is 1. The van der Waals surface area contributed by atoms with Crippen molar-refractivity contribution in [3.8, 4) is 11.3 Å². The van der Waals surface area contributed by atoms with E-state index >= 15 is 0 Å². The molecular weight excluding hydrogens is 278 g/mol. The highest BCUT2D eigenvalue weighted by Crippen LogP contribution is 2.35. The van der Waals surface area contributed by atoms with Gasteiger partial charge in [-0.25, -0.2) is 4.98 Å². The van der Waals surface area contributed by atoms with E-state index in [2.05, 4.69) is 44.8 Å². The van der Waals surface area contributed by atoms with Crippen molar-refractivity contribution in [1.29, 1.82) is 0 Å². The Kier molecular flexibility index (Phi) is 3.63. The van der Waals surface area contributed by atoms with Crippen LogP contribution >= 0.6 is 11.8 Å². The van der Waals surface area contributed by atoms with Crippen LogP contribution in [0.1, 0.15) is 24.8 Å². The third-order valence-electron chi connectivity index (χ3n) is 4.51. The normalized spacial score (nSPS) is 21.0. The highest BCUT2D eigenvalue weighted by Gasteiger charge is 2.19. The largest absolute Gasteiger partial charge is 0.384 e. The molecule has 2 aromatic rings. The number of hydrogen-bond donors (Lipinski definition) is 1. The molecule has 3 heterocycles. The lowest BCUT2D eigenvalue weighted by Crippen LogP contribution is -2.17. The smallest absolute Gasteiger partial charge is 0.0951 e. The molecule has 1 saturated heterocycles. The van der Waals surface area contributed by atoms with Crippen molar-refractivity contribution in [2.24, 2.45) is 0 Å². The van der Waals surface area contributed by atoms with E-state index in [1.54, 1.807) is 0 Å². The van der Waals surface area contributed by atoms with E-state index in [4.69, 9.17) is 0 Å². The molecule has 1 atom stereocenters. The first kappa shape index (κ1) is 13.3. The second-order valence-corrected chi connectivity index (χ2v) is 7.34. The van der Waals surface area contributed by atoms with Crippen LogP contribution in [-0.2, 0) is 13.0 Å². The highest BCUT2D eigenvalue weighted by molar-refractivity contribution is 7.99. The molecule has 21 heavy (non-hydrogen) atoms. The van der Waals surface area contributed by atoms with Crippen molar-refractivity contribution in [2.75, 3.05) is 17.6 Å². The summed E-state index contributed by atoms with van der Waals surface area (Å²) >= 11 is 2.13. The highest BCUT2D eigenvalue weighted by atomic mass is 32.2. The zero-order valence-corrected chi connectivity index (χ0v) is 13.0. The van der Waals surface area contributed by atoms with E-state index in [0.29, 0.717) is 0 Å². The summed E-state index contributed by atoms with van der Waals surface area (Å²) in [6, 6.07) is 6.63. The average Bonchev–Trinajstić information content (AvgIpc) is 3.16.